The maximum absolute atomic E-state index is 13.7. The van der Waals surface area contributed by atoms with Crippen molar-refractivity contribution in [2.75, 3.05) is 13.6 Å². The summed E-state index contributed by atoms with van der Waals surface area (Å²) in [5.41, 5.74) is 0.762. The summed E-state index contributed by atoms with van der Waals surface area (Å²) in [6, 6.07) is 5.27. The third kappa shape index (κ3) is 2.38. The van der Waals surface area contributed by atoms with Crippen molar-refractivity contribution in [3.63, 3.8) is 0 Å². The summed E-state index contributed by atoms with van der Waals surface area (Å²) in [5.74, 6) is 1.07. The summed E-state index contributed by atoms with van der Waals surface area (Å²) in [6.07, 6.45) is 3.28. The molecule has 0 aromatic heterocycles. The van der Waals surface area contributed by atoms with Gasteiger partial charge >= 0.3 is 0 Å². The van der Waals surface area contributed by atoms with Crippen LogP contribution in [0.5, 0.6) is 0 Å². The van der Waals surface area contributed by atoms with Gasteiger partial charge in [-0.1, -0.05) is 23.7 Å². The Bertz CT molecular complexity index is 367. The van der Waals surface area contributed by atoms with Gasteiger partial charge < -0.3 is 5.32 Å². The second-order valence-electron chi connectivity index (χ2n) is 4.57. The molecule has 0 saturated heterocycles. The van der Waals surface area contributed by atoms with Crippen LogP contribution in [-0.2, 0) is 6.42 Å². The summed E-state index contributed by atoms with van der Waals surface area (Å²) in [5, 5.41) is 3.43. The van der Waals surface area contributed by atoms with E-state index in [0.717, 1.165) is 18.5 Å². The van der Waals surface area contributed by atoms with Crippen LogP contribution in [0.1, 0.15) is 18.4 Å². The van der Waals surface area contributed by atoms with Crippen LogP contribution < -0.4 is 5.32 Å². The molecule has 1 aliphatic rings. The minimum absolute atomic E-state index is 0.237. The average molecular weight is 242 g/mol. The predicted molar refractivity (Wildman–Crippen MR) is 65.3 cm³/mol. The van der Waals surface area contributed by atoms with Gasteiger partial charge in [-0.25, -0.2) is 4.39 Å². The third-order valence-corrected chi connectivity index (χ3v) is 3.85. The molecule has 2 unspecified atom stereocenters. The van der Waals surface area contributed by atoms with E-state index in [2.05, 4.69) is 5.32 Å². The molecule has 0 bridgehead atoms. The summed E-state index contributed by atoms with van der Waals surface area (Å²) in [6.45, 7) is 1.03. The first-order valence-electron chi connectivity index (χ1n) is 5.80. The molecule has 1 nitrogen and oxygen atoms in total. The molecule has 1 fully saturated rings. The highest BCUT2D eigenvalue weighted by atomic mass is 35.5. The quantitative estimate of drug-likeness (QED) is 0.853. The molecule has 0 aliphatic heterocycles. The Kier molecular flexibility index (Phi) is 3.82. The largest absolute Gasteiger partial charge is 0.319 e. The Morgan fingerprint density at radius 1 is 1.38 bits per heavy atom. The molecule has 16 heavy (non-hydrogen) atoms. The summed E-state index contributed by atoms with van der Waals surface area (Å²) >= 11 is 5.77. The van der Waals surface area contributed by atoms with Crippen molar-refractivity contribution in [1.82, 2.24) is 5.32 Å². The van der Waals surface area contributed by atoms with E-state index in [1.165, 1.54) is 12.8 Å². The molecule has 1 aromatic rings. The zero-order valence-electron chi connectivity index (χ0n) is 9.47. The van der Waals surface area contributed by atoms with Crippen molar-refractivity contribution in [2.24, 2.45) is 11.8 Å². The molecular weight excluding hydrogens is 225 g/mol. The SMILES string of the molecule is CNCC1CCC1Cc1cccc(Cl)c1F. The van der Waals surface area contributed by atoms with Crippen LogP contribution in [0.25, 0.3) is 0 Å². The highest BCUT2D eigenvalue weighted by Crippen LogP contribution is 2.37. The number of hydrogen-bond donors (Lipinski definition) is 1. The lowest BCUT2D eigenvalue weighted by molar-refractivity contribution is 0.172. The van der Waals surface area contributed by atoms with Crippen molar-refractivity contribution in [1.29, 1.82) is 0 Å². The first-order valence-corrected chi connectivity index (χ1v) is 6.17. The Labute approximate surface area is 101 Å². The first kappa shape index (κ1) is 11.9. The molecule has 2 rings (SSSR count). The van der Waals surface area contributed by atoms with E-state index in [4.69, 9.17) is 11.6 Å². The minimum atomic E-state index is -0.237. The smallest absolute Gasteiger partial charge is 0.144 e. The number of hydrogen-bond acceptors (Lipinski definition) is 1. The van der Waals surface area contributed by atoms with Crippen LogP contribution in [-0.4, -0.2) is 13.6 Å². The second-order valence-corrected chi connectivity index (χ2v) is 4.98. The van der Waals surface area contributed by atoms with Gasteiger partial charge in [0.25, 0.3) is 0 Å². The standard InChI is InChI=1S/C13H17ClFN/c1-16-8-11-6-5-9(11)7-10-3-2-4-12(14)13(10)15/h2-4,9,11,16H,5-8H2,1H3. The molecule has 1 saturated carbocycles. The van der Waals surface area contributed by atoms with Crippen molar-refractivity contribution in [3.05, 3.63) is 34.6 Å². The minimum Gasteiger partial charge on any atom is -0.319 e. The van der Waals surface area contributed by atoms with E-state index in [1.807, 2.05) is 19.2 Å². The van der Waals surface area contributed by atoms with Crippen LogP contribution in [0.3, 0.4) is 0 Å². The zero-order valence-corrected chi connectivity index (χ0v) is 10.2. The van der Waals surface area contributed by atoms with Gasteiger partial charge in [-0.05, 0) is 56.3 Å². The molecule has 3 heteroatoms. The van der Waals surface area contributed by atoms with E-state index in [1.54, 1.807) is 6.07 Å². The van der Waals surface area contributed by atoms with Gasteiger partial charge in [0, 0.05) is 0 Å². The topological polar surface area (TPSA) is 12.0 Å². The monoisotopic (exact) mass is 241 g/mol. The van der Waals surface area contributed by atoms with Gasteiger partial charge in [0.2, 0.25) is 0 Å². The molecule has 0 spiro atoms. The molecule has 1 N–H and O–H groups in total. The van der Waals surface area contributed by atoms with Gasteiger partial charge in [0.15, 0.2) is 0 Å². The molecule has 88 valence electrons. The highest BCUT2D eigenvalue weighted by molar-refractivity contribution is 6.30. The first-order chi connectivity index (χ1) is 7.72. The van der Waals surface area contributed by atoms with E-state index < -0.39 is 0 Å². The lowest BCUT2D eigenvalue weighted by Crippen LogP contribution is -2.35. The Balaban J connectivity index is 2.01. The van der Waals surface area contributed by atoms with Gasteiger partial charge in [-0.2, -0.15) is 0 Å². The molecule has 0 radical (unpaired) electrons. The maximum atomic E-state index is 13.7. The molecule has 1 aromatic carbocycles. The normalized spacial score (nSPS) is 24.2. The van der Waals surface area contributed by atoms with Crippen molar-refractivity contribution >= 4 is 11.6 Å². The van der Waals surface area contributed by atoms with Crippen molar-refractivity contribution in [2.45, 2.75) is 19.3 Å². The molecule has 0 amide bonds. The lowest BCUT2D eigenvalue weighted by atomic mass is 9.70. The number of benzene rings is 1. The van der Waals surface area contributed by atoms with Crippen LogP contribution in [0.4, 0.5) is 4.39 Å². The fraction of sp³-hybridized carbons (Fsp3) is 0.538. The average Bonchev–Trinajstić information content (AvgIpc) is 2.26. The third-order valence-electron chi connectivity index (χ3n) is 3.55. The predicted octanol–water partition coefficient (Wildman–Crippen LogP) is 3.27. The van der Waals surface area contributed by atoms with Crippen molar-refractivity contribution in [3.8, 4) is 0 Å². The molecule has 1 aliphatic carbocycles. The summed E-state index contributed by atoms with van der Waals surface area (Å²) in [7, 11) is 1.97. The molecular formula is C13H17ClFN. The van der Waals surface area contributed by atoms with E-state index in [0.29, 0.717) is 11.8 Å². The summed E-state index contributed by atoms with van der Waals surface area (Å²) in [4.78, 5) is 0. The Hall–Kier alpha value is -0.600. The van der Waals surface area contributed by atoms with Gasteiger partial charge in [-0.3, -0.25) is 0 Å². The van der Waals surface area contributed by atoms with Crippen LogP contribution in [0.2, 0.25) is 5.02 Å². The van der Waals surface area contributed by atoms with Crippen LogP contribution in [0, 0.1) is 17.7 Å². The molecule has 2 atom stereocenters. The fourth-order valence-electron chi connectivity index (χ4n) is 2.43. The van der Waals surface area contributed by atoms with E-state index in [-0.39, 0.29) is 10.8 Å². The Morgan fingerprint density at radius 2 is 2.12 bits per heavy atom. The number of halogens is 2. The highest BCUT2D eigenvalue weighted by Gasteiger charge is 2.30. The fourth-order valence-corrected chi connectivity index (χ4v) is 2.62. The van der Waals surface area contributed by atoms with Gasteiger partial charge in [0.05, 0.1) is 5.02 Å². The second kappa shape index (κ2) is 5.15. The number of rotatable bonds is 4. The summed E-state index contributed by atoms with van der Waals surface area (Å²) < 4.78 is 13.7. The Morgan fingerprint density at radius 3 is 2.75 bits per heavy atom. The maximum Gasteiger partial charge on any atom is 0.144 e. The van der Waals surface area contributed by atoms with Gasteiger partial charge in [-0.15, -0.1) is 0 Å². The van der Waals surface area contributed by atoms with E-state index >= 15 is 0 Å². The number of nitrogens with one attached hydrogen (secondary N) is 1. The van der Waals surface area contributed by atoms with Crippen LogP contribution in [0.15, 0.2) is 18.2 Å². The van der Waals surface area contributed by atoms with Crippen LogP contribution >= 0.6 is 11.6 Å². The van der Waals surface area contributed by atoms with E-state index in [9.17, 15) is 4.39 Å². The zero-order chi connectivity index (χ0) is 11.5. The molecule has 0 heterocycles. The van der Waals surface area contributed by atoms with Gasteiger partial charge in [0.1, 0.15) is 5.82 Å². The lowest BCUT2D eigenvalue weighted by Gasteiger charge is -2.36. The van der Waals surface area contributed by atoms with Crippen molar-refractivity contribution < 1.29 is 4.39 Å².